The number of aryl methyl sites for hydroxylation is 2. The molecule has 4 aromatic carbocycles. The van der Waals surface area contributed by atoms with Gasteiger partial charge in [-0.05, 0) is 117 Å². The van der Waals surface area contributed by atoms with E-state index in [1.807, 2.05) is 60.7 Å². The van der Waals surface area contributed by atoms with E-state index in [9.17, 15) is 23.9 Å². The number of hydrogen-bond donors (Lipinski definition) is 2. The predicted octanol–water partition coefficient (Wildman–Crippen LogP) is 7.13. The van der Waals surface area contributed by atoms with Gasteiger partial charge in [0.2, 0.25) is 11.8 Å². The molecule has 0 aromatic heterocycles. The summed E-state index contributed by atoms with van der Waals surface area (Å²) in [5.41, 5.74) is 6.52. The minimum atomic E-state index is -0.631. The van der Waals surface area contributed by atoms with E-state index < -0.39 is 11.9 Å². The number of nitrogens with zero attached hydrogens (tertiary/aromatic N) is 4. The molecule has 7 aliphatic rings. The van der Waals surface area contributed by atoms with Crippen molar-refractivity contribution in [2.45, 2.75) is 82.8 Å². The normalized spacial score (nSPS) is 22.6. The highest BCUT2D eigenvalue weighted by Crippen LogP contribution is 2.54. The van der Waals surface area contributed by atoms with E-state index in [0.29, 0.717) is 42.2 Å². The van der Waals surface area contributed by atoms with E-state index in [-0.39, 0.29) is 30.1 Å². The maximum atomic E-state index is 14.0. The Kier molecular flexibility index (Phi) is 12.1. The van der Waals surface area contributed by atoms with Crippen molar-refractivity contribution < 1.29 is 33.4 Å². The number of amides is 3. The Hall–Kier alpha value is -5.62. The monoisotopic (exact) mass is 843 g/mol. The van der Waals surface area contributed by atoms with E-state index in [0.717, 1.165) is 87.0 Å². The van der Waals surface area contributed by atoms with Crippen molar-refractivity contribution >= 4 is 29.1 Å². The molecule has 2 atom stereocenters. The number of phenolic OH excluding ortho intramolecular Hbond substituents is 1. The fraction of sp³-hybridized carbons (Fsp3) is 0.460. The predicted molar refractivity (Wildman–Crippen MR) is 236 cm³/mol. The van der Waals surface area contributed by atoms with Crippen LogP contribution >= 0.6 is 0 Å². The van der Waals surface area contributed by atoms with Crippen LogP contribution in [0.1, 0.15) is 78.4 Å². The average molecular weight is 844 g/mol. The number of piperazine rings is 1. The lowest BCUT2D eigenvalue weighted by Crippen LogP contribution is -2.59. The number of methoxy groups -OCH3 is 1. The molecule has 11 nitrogen and oxygen atoms in total. The Morgan fingerprint density at radius 3 is 2.31 bits per heavy atom. The molecule has 62 heavy (non-hydrogen) atoms. The molecular formula is C50H58FN5O6. The van der Waals surface area contributed by atoms with Crippen molar-refractivity contribution in [1.82, 2.24) is 15.1 Å². The lowest BCUT2D eigenvalue weighted by Gasteiger charge is -2.54. The first-order valence-corrected chi connectivity index (χ1v) is 22.5. The number of benzene rings is 4. The summed E-state index contributed by atoms with van der Waals surface area (Å²) in [6.45, 7) is 6.73. The summed E-state index contributed by atoms with van der Waals surface area (Å²) >= 11 is 0. The van der Waals surface area contributed by atoms with Crippen molar-refractivity contribution in [3.63, 3.8) is 0 Å². The molecule has 4 aromatic rings. The summed E-state index contributed by atoms with van der Waals surface area (Å²) < 4.78 is 25.8. The van der Waals surface area contributed by atoms with Crippen molar-refractivity contribution in [1.29, 1.82) is 0 Å². The third kappa shape index (κ3) is 8.71. The maximum Gasteiger partial charge on any atom is 0.255 e. The molecule has 3 amide bonds. The summed E-state index contributed by atoms with van der Waals surface area (Å²) in [6.07, 6.45) is 10.3. The van der Waals surface area contributed by atoms with E-state index in [2.05, 4.69) is 20.0 Å². The molecule has 5 heterocycles. The first kappa shape index (κ1) is 41.7. The van der Waals surface area contributed by atoms with Crippen LogP contribution < -0.4 is 24.6 Å². The number of rotatable bonds is 5. The number of carbonyl (C=O) groups excluding carboxylic acids is 3. The van der Waals surface area contributed by atoms with Gasteiger partial charge in [-0.2, -0.15) is 0 Å². The fourth-order valence-electron chi connectivity index (χ4n) is 11.0. The number of hydrogen-bond acceptors (Lipinski definition) is 9. The number of anilines is 2. The highest BCUT2D eigenvalue weighted by Gasteiger charge is 2.47. The van der Waals surface area contributed by atoms with Gasteiger partial charge in [0.1, 0.15) is 35.7 Å². The number of halogens is 1. The standard InChI is InChI=1S/C34H40FN5O5.C10H12O.C6H6/c1-44-29-6-2-22(35)14-28(29)38-10-8-34(9-11-38)15-21(16-34)17-37-12-13-39-23(18-37)20-45-31-25-19-40(27-5-7-30(41)36-32(27)42)33(43)24(25)3-4-26(31)39;11-10-6-5-8-3-1-2-4-9(8)7-10;1-2-4-6-5-3-1/h2-4,6,14,21,23,27H,5,7-13,15-20H2,1H3,(H,36,41,42);5-7,11H,1-4H2;1-6H. The third-order valence-electron chi connectivity index (χ3n) is 14.2. The topological polar surface area (TPSA) is 115 Å². The molecule has 2 aliphatic carbocycles. The van der Waals surface area contributed by atoms with E-state index in [1.54, 1.807) is 30.2 Å². The Balaban J connectivity index is 0.000000238. The molecule has 1 spiro atoms. The number of piperidine rings is 2. The highest BCUT2D eigenvalue weighted by molar-refractivity contribution is 6.06. The molecule has 1 saturated carbocycles. The van der Waals surface area contributed by atoms with Crippen LogP contribution in [-0.4, -0.2) is 97.7 Å². The van der Waals surface area contributed by atoms with E-state index in [1.165, 1.54) is 49.3 Å². The SMILES string of the molecule is COc1ccc(F)cc1N1CCC2(CC1)CC(CN1CCN3c4ccc5c(c4OCC3C1)CN(C1CCC(=O)NC1=O)C5=O)C2.Oc1ccc2c(c1)CCCC2.c1ccccc1. The maximum absolute atomic E-state index is 14.0. The second kappa shape index (κ2) is 18.0. The van der Waals surface area contributed by atoms with Gasteiger partial charge in [0.25, 0.3) is 5.91 Å². The molecule has 11 rings (SSSR count). The Morgan fingerprint density at radius 1 is 0.839 bits per heavy atom. The number of nitrogens with one attached hydrogen (secondary N) is 1. The highest BCUT2D eigenvalue weighted by atomic mass is 19.1. The molecule has 5 aliphatic heterocycles. The van der Waals surface area contributed by atoms with Gasteiger partial charge in [0, 0.05) is 62.9 Å². The number of imide groups is 1. The molecule has 2 unspecified atom stereocenters. The zero-order chi connectivity index (χ0) is 42.8. The lowest BCUT2D eigenvalue weighted by molar-refractivity contribution is -0.136. The number of ether oxygens (including phenoxy) is 2. The molecule has 12 heteroatoms. The van der Waals surface area contributed by atoms with Crippen molar-refractivity contribution in [3.8, 4) is 17.2 Å². The molecule has 0 bridgehead atoms. The van der Waals surface area contributed by atoms with Crippen LogP contribution in [0.2, 0.25) is 0 Å². The van der Waals surface area contributed by atoms with Crippen LogP contribution in [0.15, 0.2) is 84.9 Å². The van der Waals surface area contributed by atoms with Crippen LogP contribution in [0.25, 0.3) is 0 Å². The summed E-state index contributed by atoms with van der Waals surface area (Å²) in [7, 11) is 1.64. The van der Waals surface area contributed by atoms with Gasteiger partial charge in [0.15, 0.2) is 0 Å². The summed E-state index contributed by atoms with van der Waals surface area (Å²) in [5, 5.41) is 11.6. The van der Waals surface area contributed by atoms with Crippen LogP contribution in [0.3, 0.4) is 0 Å². The van der Waals surface area contributed by atoms with Gasteiger partial charge in [-0.25, -0.2) is 4.39 Å². The van der Waals surface area contributed by atoms with Crippen LogP contribution in [0, 0.1) is 17.2 Å². The summed E-state index contributed by atoms with van der Waals surface area (Å²) in [4.78, 5) is 46.3. The van der Waals surface area contributed by atoms with Gasteiger partial charge in [0.05, 0.1) is 31.1 Å². The number of phenols is 1. The lowest BCUT2D eigenvalue weighted by atomic mass is 9.57. The largest absolute Gasteiger partial charge is 0.508 e. The van der Waals surface area contributed by atoms with Crippen molar-refractivity contribution in [2.75, 3.05) is 62.8 Å². The molecule has 4 fully saturated rings. The number of fused-ring (bicyclic) bond motifs is 6. The number of aromatic hydroxyl groups is 1. The molecule has 0 radical (unpaired) electrons. The second-order valence-electron chi connectivity index (χ2n) is 18.1. The van der Waals surface area contributed by atoms with Gasteiger partial charge < -0.3 is 29.3 Å². The van der Waals surface area contributed by atoms with Crippen molar-refractivity contribution in [3.05, 3.63) is 113 Å². The molecule has 2 N–H and O–H groups in total. The van der Waals surface area contributed by atoms with Gasteiger partial charge >= 0.3 is 0 Å². The zero-order valence-electron chi connectivity index (χ0n) is 35.7. The van der Waals surface area contributed by atoms with Gasteiger partial charge in [-0.1, -0.05) is 42.5 Å². The first-order chi connectivity index (χ1) is 30.2. The van der Waals surface area contributed by atoms with E-state index in [4.69, 9.17) is 9.47 Å². The average Bonchev–Trinajstić information content (AvgIpc) is 3.62. The third-order valence-corrected chi connectivity index (χ3v) is 14.2. The zero-order valence-corrected chi connectivity index (χ0v) is 35.7. The smallest absolute Gasteiger partial charge is 0.255 e. The van der Waals surface area contributed by atoms with Crippen LogP contribution in [0.4, 0.5) is 15.8 Å². The molecule has 3 saturated heterocycles. The number of carbonyl (C=O) groups is 3. The quantitative estimate of drug-likeness (QED) is 0.203. The summed E-state index contributed by atoms with van der Waals surface area (Å²) in [6, 6.07) is 26.0. The minimum Gasteiger partial charge on any atom is -0.508 e. The Labute approximate surface area is 363 Å². The Bertz CT molecular complexity index is 2250. The van der Waals surface area contributed by atoms with E-state index >= 15 is 0 Å². The molecule has 326 valence electrons. The Morgan fingerprint density at radius 2 is 1.58 bits per heavy atom. The summed E-state index contributed by atoms with van der Waals surface area (Å²) in [5.74, 6) is 1.54. The van der Waals surface area contributed by atoms with Crippen LogP contribution in [0.5, 0.6) is 17.2 Å². The second-order valence-corrected chi connectivity index (χ2v) is 18.1. The fourth-order valence-corrected chi connectivity index (χ4v) is 11.0. The first-order valence-electron chi connectivity index (χ1n) is 22.5. The van der Waals surface area contributed by atoms with Crippen molar-refractivity contribution in [2.24, 2.45) is 11.3 Å². The molecular weight excluding hydrogens is 786 g/mol. The van der Waals surface area contributed by atoms with Gasteiger partial charge in [-0.15, -0.1) is 0 Å². The van der Waals surface area contributed by atoms with Gasteiger partial charge in [-0.3, -0.25) is 24.6 Å². The van der Waals surface area contributed by atoms with Crippen LogP contribution in [-0.2, 0) is 29.0 Å². The minimum absolute atomic E-state index is 0.171.